The first-order valence-corrected chi connectivity index (χ1v) is 7.12. The van der Waals surface area contributed by atoms with Crippen molar-refractivity contribution in [3.63, 3.8) is 0 Å². The van der Waals surface area contributed by atoms with Crippen molar-refractivity contribution in [1.29, 1.82) is 0 Å². The summed E-state index contributed by atoms with van der Waals surface area (Å²) in [6.07, 6.45) is 1.99. The smallest absolute Gasteiger partial charge is 0.223 e. The molecule has 1 aliphatic heterocycles. The minimum atomic E-state index is 0.0841. The lowest BCUT2D eigenvalue weighted by atomic mass is 9.79. The van der Waals surface area contributed by atoms with Crippen molar-refractivity contribution in [2.24, 2.45) is 11.8 Å². The van der Waals surface area contributed by atoms with Crippen molar-refractivity contribution >= 4 is 5.91 Å². The van der Waals surface area contributed by atoms with Crippen LogP contribution in [0.15, 0.2) is 0 Å². The predicted molar refractivity (Wildman–Crippen MR) is 76.5 cm³/mol. The predicted octanol–water partition coefficient (Wildman–Crippen LogP) is 2.70. The van der Waals surface area contributed by atoms with Crippen LogP contribution in [0.5, 0.6) is 0 Å². The molecule has 0 spiro atoms. The lowest BCUT2D eigenvalue weighted by Gasteiger charge is -2.46. The number of piperidine rings is 1. The largest absolute Gasteiger partial charge is 0.353 e. The molecule has 0 bridgehead atoms. The second-order valence-electron chi connectivity index (χ2n) is 7.54. The molecule has 3 heteroatoms. The van der Waals surface area contributed by atoms with Gasteiger partial charge in [0.15, 0.2) is 0 Å². The molecule has 0 aromatic carbocycles. The topological polar surface area (TPSA) is 41.1 Å². The SMILES string of the molecule is CC(C)[C@H](C)C(=O)NC1CC(C)(C)NC(C)(C)C1. The molecule has 3 nitrogen and oxygen atoms in total. The number of rotatable bonds is 3. The van der Waals surface area contributed by atoms with E-state index in [1.54, 1.807) is 0 Å². The molecule has 0 unspecified atom stereocenters. The van der Waals surface area contributed by atoms with Gasteiger partial charge in [-0.15, -0.1) is 0 Å². The number of amides is 1. The standard InChI is InChI=1S/C15H30N2O/c1-10(2)11(3)13(18)16-12-8-14(4,5)17-15(6,7)9-12/h10-12,17H,8-9H2,1-7H3,(H,16,18)/t11-/m0/s1. The van der Waals surface area contributed by atoms with E-state index in [1.807, 2.05) is 6.92 Å². The molecule has 1 aliphatic rings. The normalized spacial score (nSPS) is 24.9. The van der Waals surface area contributed by atoms with Gasteiger partial charge in [-0.1, -0.05) is 20.8 Å². The lowest BCUT2D eigenvalue weighted by Crippen LogP contribution is -2.62. The summed E-state index contributed by atoms with van der Waals surface area (Å²) < 4.78 is 0. The summed E-state index contributed by atoms with van der Waals surface area (Å²) in [5.41, 5.74) is 0.168. The molecule has 2 N–H and O–H groups in total. The Balaban J connectivity index is 2.65. The monoisotopic (exact) mass is 254 g/mol. The Kier molecular flexibility index (Phi) is 4.47. The molecule has 1 rings (SSSR count). The average Bonchev–Trinajstić information content (AvgIpc) is 2.10. The van der Waals surface area contributed by atoms with Crippen LogP contribution in [0.25, 0.3) is 0 Å². The lowest BCUT2D eigenvalue weighted by molar-refractivity contribution is -0.127. The maximum absolute atomic E-state index is 12.1. The summed E-state index contributed by atoms with van der Waals surface area (Å²) in [5.74, 6) is 0.683. The van der Waals surface area contributed by atoms with E-state index in [2.05, 4.69) is 52.2 Å². The van der Waals surface area contributed by atoms with Crippen LogP contribution in [0.2, 0.25) is 0 Å². The van der Waals surface area contributed by atoms with Gasteiger partial charge in [0.1, 0.15) is 0 Å². The number of hydrogen-bond donors (Lipinski definition) is 2. The summed E-state index contributed by atoms with van der Waals surface area (Å²) >= 11 is 0. The summed E-state index contributed by atoms with van der Waals surface area (Å²) in [4.78, 5) is 12.1. The Morgan fingerprint density at radius 2 is 1.56 bits per heavy atom. The molecule has 1 amide bonds. The van der Waals surface area contributed by atoms with Crippen LogP contribution in [0.3, 0.4) is 0 Å². The van der Waals surface area contributed by atoms with Crippen molar-refractivity contribution in [2.75, 3.05) is 0 Å². The number of carbonyl (C=O) groups excluding carboxylic acids is 1. The first kappa shape index (κ1) is 15.5. The third-order valence-corrected chi connectivity index (χ3v) is 3.95. The van der Waals surface area contributed by atoms with Gasteiger partial charge in [-0.2, -0.15) is 0 Å². The molecular formula is C15H30N2O. The van der Waals surface area contributed by atoms with Gasteiger partial charge in [0.05, 0.1) is 0 Å². The summed E-state index contributed by atoms with van der Waals surface area (Å²) in [6.45, 7) is 15.0. The van der Waals surface area contributed by atoms with Crippen LogP contribution in [0.1, 0.15) is 61.3 Å². The highest BCUT2D eigenvalue weighted by atomic mass is 16.1. The highest BCUT2D eigenvalue weighted by molar-refractivity contribution is 5.78. The summed E-state index contributed by atoms with van der Waals surface area (Å²) in [7, 11) is 0. The van der Waals surface area contributed by atoms with E-state index in [-0.39, 0.29) is 28.9 Å². The fourth-order valence-corrected chi connectivity index (χ4v) is 3.06. The Labute approximate surface area is 112 Å². The zero-order chi connectivity index (χ0) is 14.1. The van der Waals surface area contributed by atoms with Crippen molar-refractivity contribution in [2.45, 2.75) is 78.4 Å². The van der Waals surface area contributed by atoms with Crippen LogP contribution >= 0.6 is 0 Å². The maximum Gasteiger partial charge on any atom is 0.223 e. The third-order valence-electron chi connectivity index (χ3n) is 3.95. The van der Waals surface area contributed by atoms with Gasteiger partial charge in [-0.3, -0.25) is 4.79 Å². The Morgan fingerprint density at radius 3 is 1.94 bits per heavy atom. The fourth-order valence-electron chi connectivity index (χ4n) is 3.06. The molecule has 1 fully saturated rings. The molecule has 0 aromatic rings. The van der Waals surface area contributed by atoms with E-state index in [0.29, 0.717) is 5.92 Å². The molecule has 0 aliphatic carbocycles. The second-order valence-corrected chi connectivity index (χ2v) is 7.54. The summed E-state index contributed by atoms with van der Waals surface area (Å²) in [6, 6.07) is 0.282. The minimum absolute atomic E-state index is 0.0841. The zero-order valence-electron chi connectivity index (χ0n) is 13.1. The molecule has 1 saturated heterocycles. The number of carbonyl (C=O) groups is 1. The fraction of sp³-hybridized carbons (Fsp3) is 0.933. The van der Waals surface area contributed by atoms with Gasteiger partial charge < -0.3 is 10.6 Å². The van der Waals surface area contributed by atoms with E-state index >= 15 is 0 Å². The first-order valence-electron chi connectivity index (χ1n) is 7.12. The molecule has 1 atom stereocenters. The van der Waals surface area contributed by atoms with E-state index in [0.717, 1.165) is 12.8 Å². The second kappa shape index (κ2) is 5.20. The van der Waals surface area contributed by atoms with Crippen molar-refractivity contribution in [1.82, 2.24) is 10.6 Å². The van der Waals surface area contributed by atoms with Crippen LogP contribution in [-0.4, -0.2) is 23.0 Å². The quantitative estimate of drug-likeness (QED) is 0.813. The van der Waals surface area contributed by atoms with Gasteiger partial charge in [0.2, 0.25) is 5.91 Å². The zero-order valence-corrected chi connectivity index (χ0v) is 13.1. The summed E-state index contributed by atoms with van der Waals surface area (Å²) in [5, 5.41) is 6.87. The maximum atomic E-state index is 12.1. The Morgan fingerprint density at radius 1 is 1.11 bits per heavy atom. The first-order chi connectivity index (χ1) is 8.02. The number of hydrogen-bond acceptors (Lipinski definition) is 2. The van der Waals surface area contributed by atoms with E-state index in [4.69, 9.17) is 0 Å². The van der Waals surface area contributed by atoms with Crippen LogP contribution in [0.4, 0.5) is 0 Å². The highest BCUT2D eigenvalue weighted by Gasteiger charge is 2.38. The third kappa shape index (κ3) is 4.27. The Hall–Kier alpha value is -0.570. The van der Waals surface area contributed by atoms with E-state index in [1.165, 1.54) is 0 Å². The van der Waals surface area contributed by atoms with E-state index in [9.17, 15) is 4.79 Å². The van der Waals surface area contributed by atoms with Crippen LogP contribution in [0, 0.1) is 11.8 Å². The van der Waals surface area contributed by atoms with Gasteiger partial charge in [-0.05, 0) is 46.5 Å². The number of nitrogens with one attached hydrogen (secondary N) is 2. The minimum Gasteiger partial charge on any atom is -0.353 e. The molecule has 1 heterocycles. The molecule has 106 valence electrons. The van der Waals surface area contributed by atoms with Crippen molar-refractivity contribution in [3.05, 3.63) is 0 Å². The van der Waals surface area contributed by atoms with Crippen molar-refractivity contribution in [3.8, 4) is 0 Å². The molecular weight excluding hydrogens is 224 g/mol. The van der Waals surface area contributed by atoms with E-state index < -0.39 is 0 Å². The Bertz CT molecular complexity index is 292. The molecule has 0 radical (unpaired) electrons. The van der Waals surface area contributed by atoms with Gasteiger partial charge in [0.25, 0.3) is 0 Å². The van der Waals surface area contributed by atoms with Crippen LogP contribution < -0.4 is 10.6 Å². The average molecular weight is 254 g/mol. The molecule has 18 heavy (non-hydrogen) atoms. The molecule has 0 saturated carbocycles. The van der Waals surface area contributed by atoms with Gasteiger partial charge in [0, 0.05) is 23.0 Å². The highest BCUT2D eigenvalue weighted by Crippen LogP contribution is 2.28. The van der Waals surface area contributed by atoms with Gasteiger partial charge in [-0.25, -0.2) is 0 Å². The molecule has 0 aromatic heterocycles. The van der Waals surface area contributed by atoms with Crippen molar-refractivity contribution < 1.29 is 4.79 Å². The van der Waals surface area contributed by atoms with Gasteiger partial charge >= 0.3 is 0 Å². The van der Waals surface area contributed by atoms with Crippen LogP contribution in [-0.2, 0) is 4.79 Å².